The standard InChI is InChI=1S/C16H19N3O2/c20-15(9-11-2-1-7-17-11)18-12-5-6-13-14(8-12)21-16(19-13)10-3-4-10/h5-6,8,10-11,17H,1-4,7,9H2,(H,18,20). The smallest absolute Gasteiger partial charge is 0.225 e. The van der Waals surface area contributed by atoms with Gasteiger partial charge in [0.2, 0.25) is 5.91 Å². The first-order valence-corrected chi connectivity index (χ1v) is 7.72. The van der Waals surface area contributed by atoms with Gasteiger partial charge in [-0.2, -0.15) is 0 Å². The van der Waals surface area contributed by atoms with Crippen LogP contribution >= 0.6 is 0 Å². The van der Waals surface area contributed by atoms with Crippen LogP contribution in [0.5, 0.6) is 0 Å². The maximum atomic E-state index is 12.0. The third-order valence-corrected chi connectivity index (χ3v) is 4.21. The van der Waals surface area contributed by atoms with Crippen molar-refractivity contribution in [3.63, 3.8) is 0 Å². The fraction of sp³-hybridized carbons (Fsp3) is 0.500. The Balaban J connectivity index is 1.46. The predicted molar refractivity (Wildman–Crippen MR) is 80.3 cm³/mol. The number of hydrogen-bond acceptors (Lipinski definition) is 4. The van der Waals surface area contributed by atoms with E-state index in [1.807, 2.05) is 18.2 Å². The maximum absolute atomic E-state index is 12.0. The van der Waals surface area contributed by atoms with Crippen molar-refractivity contribution in [2.24, 2.45) is 0 Å². The molecule has 1 saturated heterocycles. The van der Waals surface area contributed by atoms with Crippen LogP contribution in [0.1, 0.15) is 43.9 Å². The number of amides is 1. The minimum absolute atomic E-state index is 0.0516. The number of hydrogen-bond donors (Lipinski definition) is 2. The number of benzene rings is 1. The Morgan fingerprint density at radius 1 is 1.38 bits per heavy atom. The normalized spacial score (nSPS) is 21.8. The molecule has 2 aromatic rings. The zero-order valence-electron chi connectivity index (χ0n) is 11.9. The van der Waals surface area contributed by atoms with Crippen molar-refractivity contribution in [1.82, 2.24) is 10.3 Å². The molecule has 2 heterocycles. The number of anilines is 1. The molecular weight excluding hydrogens is 266 g/mol. The highest BCUT2D eigenvalue weighted by Gasteiger charge is 2.28. The summed E-state index contributed by atoms with van der Waals surface area (Å²) in [6, 6.07) is 5.99. The van der Waals surface area contributed by atoms with Crippen molar-refractivity contribution in [2.45, 2.75) is 44.1 Å². The van der Waals surface area contributed by atoms with Gasteiger partial charge in [-0.3, -0.25) is 4.79 Å². The van der Waals surface area contributed by atoms with Gasteiger partial charge in [0.1, 0.15) is 5.52 Å². The van der Waals surface area contributed by atoms with Crippen LogP contribution in [0.3, 0.4) is 0 Å². The van der Waals surface area contributed by atoms with E-state index in [-0.39, 0.29) is 5.91 Å². The van der Waals surface area contributed by atoms with Crippen LogP contribution in [-0.4, -0.2) is 23.5 Å². The van der Waals surface area contributed by atoms with Gasteiger partial charge in [0.05, 0.1) is 0 Å². The first kappa shape index (κ1) is 12.8. The summed E-state index contributed by atoms with van der Waals surface area (Å²) in [6.07, 6.45) is 5.11. The van der Waals surface area contributed by atoms with Crippen LogP contribution < -0.4 is 10.6 Å². The lowest BCUT2D eigenvalue weighted by Crippen LogP contribution is -2.27. The molecule has 0 spiro atoms. The lowest BCUT2D eigenvalue weighted by atomic mass is 10.1. The molecule has 1 amide bonds. The second kappa shape index (κ2) is 5.15. The number of carbonyl (C=O) groups is 1. The van der Waals surface area contributed by atoms with Crippen LogP contribution in [0.2, 0.25) is 0 Å². The van der Waals surface area contributed by atoms with E-state index in [1.54, 1.807) is 0 Å². The molecule has 1 aliphatic heterocycles. The molecular formula is C16H19N3O2. The number of aromatic nitrogens is 1. The van der Waals surface area contributed by atoms with Gasteiger partial charge in [-0.15, -0.1) is 0 Å². The van der Waals surface area contributed by atoms with E-state index in [4.69, 9.17) is 4.42 Å². The van der Waals surface area contributed by atoms with E-state index in [9.17, 15) is 4.79 Å². The molecule has 1 unspecified atom stereocenters. The summed E-state index contributed by atoms with van der Waals surface area (Å²) in [7, 11) is 0. The van der Waals surface area contributed by atoms with E-state index in [2.05, 4.69) is 15.6 Å². The molecule has 2 N–H and O–H groups in total. The zero-order chi connectivity index (χ0) is 14.2. The van der Waals surface area contributed by atoms with Gasteiger partial charge >= 0.3 is 0 Å². The summed E-state index contributed by atoms with van der Waals surface area (Å²) in [6.45, 7) is 1.02. The Morgan fingerprint density at radius 3 is 3.05 bits per heavy atom. The molecule has 21 heavy (non-hydrogen) atoms. The van der Waals surface area contributed by atoms with Crippen molar-refractivity contribution in [3.8, 4) is 0 Å². The highest BCUT2D eigenvalue weighted by molar-refractivity contribution is 5.93. The number of carbonyl (C=O) groups excluding carboxylic acids is 1. The summed E-state index contributed by atoms with van der Waals surface area (Å²) in [5, 5.41) is 6.28. The van der Waals surface area contributed by atoms with Gasteiger partial charge in [0.25, 0.3) is 0 Å². The highest BCUT2D eigenvalue weighted by atomic mass is 16.3. The summed E-state index contributed by atoms with van der Waals surface area (Å²) >= 11 is 0. The summed E-state index contributed by atoms with van der Waals surface area (Å²) in [5.41, 5.74) is 2.41. The van der Waals surface area contributed by atoms with Crippen LogP contribution in [0.4, 0.5) is 5.69 Å². The third kappa shape index (κ3) is 2.78. The predicted octanol–water partition coefficient (Wildman–Crippen LogP) is 2.79. The van der Waals surface area contributed by atoms with E-state index in [1.165, 1.54) is 12.8 Å². The summed E-state index contributed by atoms with van der Waals surface area (Å²) in [5.74, 6) is 1.39. The number of rotatable bonds is 4. The Morgan fingerprint density at radius 2 is 2.29 bits per heavy atom. The Bertz CT molecular complexity index is 669. The van der Waals surface area contributed by atoms with Crippen LogP contribution in [0.25, 0.3) is 11.1 Å². The monoisotopic (exact) mass is 285 g/mol. The number of nitrogens with one attached hydrogen (secondary N) is 2. The van der Waals surface area contributed by atoms with Gasteiger partial charge in [-0.05, 0) is 44.4 Å². The van der Waals surface area contributed by atoms with E-state index in [0.29, 0.717) is 18.4 Å². The molecule has 5 heteroatoms. The van der Waals surface area contributed by atoms with Crippen molar-refractivity contribution in [3.05, 3.63) is 24.1 Å². The topological polar surface area (TPSA) is 67.2 Å². The molecule has 2 fully saturated rings. The third-order valence-electron chi connectivity index (χ3n) is 4.21. The molecule has 4 rings (SSSR count). The van der Waals surface area contributed by atoms with Crippen LogP contribution in [0, 0.1) is 0 Å². The molecule has 2 aliphatic rings. The van der Waals surface area contributed by atoms with Gasteiger partial charge < -0.3 is 15.1 Å². The van der Waals surface area contributed by atoms with Gasteiger partial charge in [-0.25, -0.2) is 4.98 Å². The van der Waals surface area contributed by atoms with Gasteiger partial charge in [0.15, 0.2) is 11.5 Å². The first-order valence-electron chi connectivity index (χ1n) is 7.72. The SMILES string of the molecule is O=C(CC1CCCN1)Nc1ccc2nc(C3CC3)oc2c1. The fourth-order valence-electron chi connectivity index (χ4n) is 2.89. The number of oxazole rings is 1. The molecule has 5 nitrogen and oxygen atoms in total. The van der Waals surface area contributed by atoms with Crippen molar-refractivity contribution < 1.29 is 9.21 Å². The molecule has 0 bridgehead atoms. The number of nitrogens with zero attached hydrogens (tertiary/aromatic N) is 1. The molecule has 1 saturated carbocycles. The molecule has 1 aromatic heterocycles. The lowest BCUT2D eigenvalue weighted by Gasteiger charge is -2.10. The summed E-state index contributed by atoms with van der Waals surface area (Å²) < 4.78 is 5.77. The second-order valence-corrected chi connectivity index (χ2v) is 6.05. The first-order chi connectivity index (χ1) is 10.3. The van der Waals surface area contributed by atoms with E-state index < -0.39 is 0 Å². The number of fused-ring (bicyclic) bond motifs is 1. The Labute approximate surface area is 123 Å². The average molecular weight is 285 g/mol. The van der Waals surface area contributed by atoms with Crippen molar-refractivity contribution >= 4 is 22.7 Å². The van der Waals surface area contributed by atoms with E-state index >= 15 is 0 Å². The maximum Gasteiger partial charge on any atom is 0.225 e. The molecule has 0 radical (unpaired) electrons. The minimum atomic E-state index is 0.0516. The van der Waals surface area contributed by atoms with Gasteiger partial charge in [0, 0.05) is 30.1 Å². The second-order valence-electron chi connectivity index (χ2n) is 6.05. The molecule has 1 atom stereocenters. The summed E-state index contributed by atoms with van der Waals surface area (Å²) in [4.78, 5) is 16.5. The quantitative estimate of drug-likeness (QED) is 0.906. The van der Waals surface area contributed by atoms with E-state index in [0.717, 1.165) is 42.1 Å². The minimum Gasteiger partial charge on any atom is -0.440 e. The Hall–Kier alpha value is -1.88. The van der Waals surface area contributed by atoms with Crippen LogP contribution in [0.15, 0.2) is 22.6 Å². The van der Waals surface area contributed by atoms with Gasteiger partial charge in [-0.1, -0.05) is 0 Å². The Kier molecular flexibility index (Phi) is 3.15. The van der Waals surface area contributed by atoms with Crippen molar-refractivity contribution in [1.29, 1.82) is 0 Å². The molecule has 110 valence electrons. The van der Waals surface area contributed by atoms with Crippen LogP contribution in [-0.2, 0) is 4.79 Å². The highest BCUT2D eigenvalue weighted by Crippen LogP contribution is 2.40. The molecule has 1 aromatic carbocycles. The largest absolute Gasteiger partial charge is 0.440 e. The van der Waals surface area contributed by atoms with Crippen molar-refractivity contribution in [2.75, 3.05) is 11.9 Å². The molecule has 1 aliphatic carbocycles. The zero-order valence-corrected chi connectivity index (χ0v) is 11.9. The fourth-order valence-corrected chi connectivity index (χ4v) is 2.89. The average Bonchev–Trinajstić information content (AvgIpc) is 3.03. The lowest BCUT2D eigenvalue weighted by molar-refractivity contribution is -0.116.